The number of nitrogens with one attached hydrogen (secondary N) is 1. The summed E-state index contributed by atoms with van der Waals surface area (Å²) in [6.07, 6.45) is 1.40. The number of sulfonamides is 1. The lowest BCUT2D eigenvalue weighted by Crippen LogP contribution is -2.36. The topological polar surface area (TPSA) is 67.9 Å². The van der Waals surface area contributed by atoms with Crippen LogP contribution >= 0.6 is 0 Å². The molecule has 1 heterocycles. The Morgan fingerprint density at radius 3 is 2.52 bits per heavy atom. The average molecular weight is 423 g/mol. The Balaban J connectivity index is 1.48. The van der Waals surface area contributed by atoms with Gasteiger partial charge in [0, 0.05) is 25.3 Å². The van der Waals surface area contributed by atoms with E-state index in [1.165, 1.54) is 17.8 Å². The van der Waals surface area contributed by atoms with Crippen molar-refractivity contribution in [1.82, 2.24) is 4.72 Å². The molecule has 0 spiro atoms. The third kappa shape index (κ3) is 5.91. The molecule has 0 saturated carbocycles. The van der Waals surface area contributed by atoms with Gasteiger partial charge in [-0.3, -0.25) is 0 Å². The second kappa shape index (κ2) is 10.0. The first-order valence-corrected chi connectivity index (χ1v) is 11.3. The number of hydrogen-bond donors (Lipinski definition) is 1. The van der Waals surface area contributed by atoms with Crippen molar-refractivity contribution in [2.45, 2.75) is 24.7 Å². The number of morpholine rings is 1. The van der Waals surface area contributed by atoms with Gasteiger partial charge in [0.2, 0.25) is 10.0 Å². The molecule has 1 N–H and O–H groups in total. The van der Waals surface area contributed by atoms with Crippen LogP contribution in [0.1, 0.15) is 18.9 Å². The van der Waals surface area contributed by atoms with Gasteiger partial charge in [0.15, 0.2) is 11.6 Å². The number of nitrogens with zero attached hydrogens (tertiary/aromatic N) is 1. The lowest BCUT2D eigenvalue weighted by Gasteiger charge is -2.28. The van der Waals surface area contributed by atoms with Crippen LogP contribution in [0, 0.1) is 5.82 Å². The van der Waals surface area contributed by atoms with Crippen molar-refractivity contribution in [3.05, 3.63) is 53.8 Å². The van der Waals surface area contributed by atoms with E-state index in [1.807, 2.05) is 0 Å². The van der Waals surface area contributed by atoms with E-state index in [1.54, 1.807) is 6.92 Å². The molecule has 0 unspecified atom stereocenters. The van der Waals surface area contributed by atoms with Crippen LogP contribution in [0.5, 0.6) is 5.75 Å². The summed E-state index contributed by atoms with van der Waals surface area (Å²) in [5, 5.41) is 0. The molecule has 0 amide bonds. The predicted molar refractivity (Wildman–Crippen MR) is 111 cm³/mol. The quantitative estimate of drug-likeness (QED) is 0.630. The third-order valence-electron chi connectivity index (χ3n) is 4.76. The van der Waals surface area contributed by atoms with Gasteiger partial charge in [-0.05, 0) is 55.7 Å². The van der Waals surface area contributed by atoms with E-state index in [2.05, 4.69) is 33.9 Å². The molecule has 0 atom stereocenters. The summed E-state index contributed by atoms with van der Waals surface area (Å²) in [5.74, 6) is -0.637. The first-order chi connectivity index (χ1) is 14.0. The zero-order valence-corrected chi connectivity index (χ0v) is 17.4. The van der Waals surface area contributed by atoms with Crippen molar-refractivity contribution in [1.29, 1.82) is 0 Å². The highest BCUT2D eigenvalue weighted by Crippen LogP contribution is 2.21. The van der Waals surface area contributed by atoms with Gasteiger partial charge in [0.1, 0.15) is 0 Å². The summed E-state index contributed by atoms with van der Waals surface area (Å²) >= 11 is 0. The predicted octanol–water partition coefficient (Wildman–Crippen LogP) is 2.97. The number of ether oxygens (including phenoxy) is 2. The van der Waals surface area contributed by atoms with Gasteiger partial charge in [-0.25, -0.2) is 17.5 Å². The van der Waals surface area contributed by atoms with Crippen molar-refractivity contribution < 1.29 is 22.3 Å². The van der Waals surface area contributed by atoms with E-state index in [-0.39, 0.29) is 17.2 Å². The van der Waals surface area contributed by atoms with E-state index in [9.17, 15) is 12.8 Å². The molecule has 2 aromatic rings. The molecule has 29 heavy (non-hydrogen) atoms. The van der Waals surface area contributed by atoms with Gasteiger partial charge >= 0.3 is 0 Å². The molecule has 6 nitrogen and oxygen atoms in total. The zero-order valence-electron chi connectivity index (χ0n) is 16.6. The number of hydrogen-bond acceptors (Lipinski definition) is 5. The first kappa shape index (κ1) is 21.5. The van der Waals surface area contributed by atoms with Crippen LogP contribution in [-0.4, -0.2) is 47.9 Å². The number of halogens is 1. The fourth-order valence-electron chi connectivity index (χ4n) is 3.20. The van der Waals surface area contributed by atoms with Crippen molar-refractivity contribution in [3.63, 3.8) is 0 Å². The largest absolute Gasteiger partial charge is 0.491 e. The highest BCUT2D eigenvalue weighted by Gasteiger charge is 2.16. The zero-order chi connectivity index (χ0) is 20.7. The average Bonchev–Trinajstić information content (AvgIpc) is 2.74. The molecule has 3 rings (SSSR count). The second-order valence-corrected chi connectivity index (χ2v) is 8.56. The Hall–Kier alpha value is -2.16. The van der Waals surface area contributed by atoms with E-state index in [0.717, 1.165) is 44.4 Å². The van der Waals surface area contributed by atoms with Crippen LogP contribution in [-0.2, 0) is 21.2 Å². The Morgan fingerprint density at radius 2 is 1.86 bits per heavy atom. The van der Waals surface area contributed by atoms with E-state index < -0.39 is 15.8 Å². The Kier molecular flexibility index (Phi) is 7.46. The van der Waals surface area contributed by atoms with E-state index in [4.69, 9.17) is 9.47 Å². The highest BCUT2D eigenvalue weighted by molar-refractivity contribution is 7.89. The molecule has 8 heteroatoms. The summed E-state index contributed by atoms with van der Waals surface area (Å²) in [5.41, 5.74) is 2.32. The lowest BCUT2D eigenvalue weighted by atomic mass is 10.1. The molecular weight excluding hydrogens is 395 g/mol. The van der Waals surface area contributed by atoms with Gasteiger partial charge in [-0.15, -0.1) is 0 Å². The smallest absolute Gasteiger partial charge is 0.240 e. The van der Waals surface area contributed by atoms with Crippen LogP contribution < -0.4 is 14.4 Å². The number of aryl methyl sites for hydroxylation is 1. The number of benzene rings is 2. The molecule has 1 saturated heterocycles. The van der Waals surface area contributed by atoms with Crippen LogP contribution in [0.25, 0.3) is 0 Å². The van der Waals surface area contributed by atoms with E-state index in [0.29, 0.717) is 13.0 Å². The molecule has 1 aliphatic heterocycles. The molecule has 0 radical (unpaired) electrons. The summed E-state index contributed by atoms with van der Waals surface area (Å²) in [4.78, 5) is 2.19. The van der Waals surface area contributed by atoms with Crippen molar-refractivity contribution in [2.24, 2.45) is 0 Å². The van der Waals surface area contributed by atoms with Crippen LogP contribution in [0.15, 0.2) is 47.4 Å². The first-order valence-electron chi connectivity index (χ1n) is 9.83. The van der Waals surface area contributed by atoms with Gasteiger partial charge in [0.05, 0.1) is 24.7 Å². The maximum absolute atomic E-state index is 13.9. The van der Waals surface area contributed by atoms with Crippen LogP contribution in [0.2, 0.25) is 0 Å². The van der Waals surface area contributed by atoms with Gasteiger partial charge < -0.3 is 14.4 Å². The minimum atomic E-state index is -3.75. The van der Waals surface area contributed by atoms with Gasteiger partial charge in [-0.1, -0.05) is 12.1 Å². The standard InChI is InChI=1S/C21H27FN2O4S/c1-2-28-21-10-9-19(16-20(21)22)29(25,26)23-11-3-4-17-5-7-18(8-6-17)24-12-14-27-15-13-24/h5-10,16,23H,2-4,11-15H2,1H3. The Morgan fingerprint density at radius 1 is 1.14 bits per heavy atom. The summed E-state index contributed by atoms with van der Waals surface area (Å²) in [6, 6.07) is 12.0. The molecular formula is C21H27FN2O4S. The van der Waals surface area contributed by atoms with Crippen LogP contribution in [0.3, 0.4) is 0 Å². The fraction of sp³-hybridized carbons (Fsp3) is 0.429. The molecule has 1 aliphatic rings. The number of anilines is 1. The van der Waals surface area contributed by atoms with Gasteiger partial charge in [-0.2, -0.15) is 0 Å². The normalized spacial score (nSPS) is 14.8. The van der Waals surface area contributed by atoms with Gasteiger partial charge in [0.25, 0.3) is 0 Å². The van der Waals surface area contributed by atoms with Crippen LogP contribution in [0.4, 0.5) is 10.1 Å². The molecule has 158 valence electrons. The number of rotatable bonds is 9. The SMILES string of the molecule is CCOc1ccc(S(=O)(=O)NCCCc2ccc(N3CCOCC3)cc2)cc1F. The van der Waals surface area contributed by atoms with Crippen molar-refractivity contribution in [3.8, 4) is 5.75 Å². The molecule has 0 bridgehead atoms. The molecule has 0 aliphatic carbocycles. The van der Waals surface area contributed by atoms with Crippen molar-refractivity contribution in [2.75, 3.05) is 44.4 Å². The maximum Gasteiger partial charge on any atom is 0.240 e. The molecule has 0 aromatic heterocycles. The molecule has 1 fully saturated rings. The third-order valence-corrected chi connectivity index (χ3v) is 6.22. The molecule has 2 aromatic carbocycles. The fourth-order valence-corrected chi connectivity index (χ4v) is 4.28. The minimum Gasteiger partial charge on any atom is -0.491 e. The highest BCUT2D eigenvalue weighted by atomic mass is 32.2. The monoisotopic (exact) mass is 422 g/mol. The summed E-state index contributed by atoms with van der Waals surface area (Å²) < 4.78 is 51.6. The maximum atomic E-state index is 13.9. The lowest BCUT2D eigenvalue weighted by molar-refractivity contribution is 0.122. The van der Waals surface area contributed by atoms with Crippen molar-refractivity contribution >= 4 is 15.7 Å². The summed E-state index contributed by atoms with van der Waals surface area (Å²) in [7, 11) is -3.75. The minimum absolute atomic E-state index is 0.0481. The van der Waals surface area contributed by atoms with E-state index >= 15 is 0 Å². The Bertz CT molecular complexity index is 897. The summed E-state index contributed by atoms with van der Waals surface area (Å²) in [6.45, 7) is 5.62. The second-order valence-electron chi connectivity index (χ2n) is 6.79. The Labute approximate surface area is 171 Å².